The first kappa shape index (κ1) is 12.3. The summed E-state index contributed by atoms with van der Waals surface area (Å²) in [7, 11) is 0. The molecule has 0 aromatic heterocycles. The lowest BCUT2D eigenvalue weighted by Crippen LogP contribution is -2.44. The minimum absolute atomic E-state index is 0.114. The maximum absolute atomic E-state index is 10.8. The van der Waals surface area contributed by atoms with Crippen LogP contribution in [0.15, 0.2) is 46.8 Å². The van der Waals surface area contributed by atoms with Gasteiger partial charge >= 0.3 is 0 Å². The summed E-state index contributed by atoms with van der Waals surface area (Å²) in [6.45, 7) is 0. The number of benzene rings is 1. The summed E-state index contributed by atoms with van der Waals surface area (Å²) >= 11 is 0. The summed E-state index contributed by atoms with van der Waals surface area (Å²) in [5, 5.41) is 21.7. The van der Waals surface area contributed by atoms with Crippen LogP contribution in [-0.4, -0.2) is 17.0 Å². The number of nitrogens with zero attached hydrogens (tertiary/aromatic N) is 4. The largest absolute Gasteiger partial charge is 0.269 e. The van der Waals surface area contributed by atoms with Gasteiger partial charge in [-0.05, 0) is 48.6 Å². The van der Waals surface area contributed by atoms with Crippen LogP contribution in [0.4, 0.5) is 11.4 Å². The molecule has 5 rings (SSSR count). The number of nitro benzene ring substituents is 1. The van der Waals surface area contributed by atoms with Gasteiger partial charge in [0.1, 0.15) is 0 Å². The van der Waals surface area contributed by atoms with Gasteiger partial charge in [0.05, 0.1) is 22.7 Å². The first-order valence-corrected chi connectivity index (χ1v) is 7.85. The predicted octanol–water partition coefficient (Wildman–Crippen LogP) is 3.36. The van der Waals surface area contributed by atoms with E-state index in [1.165, 1.54) is 12.8 Å². The average molecular weight is 296 g/mol. The van der Waals surface area contributed by atoms with Crippen LogP contribution in [-0.2, 0) is 0 Å². The number of fused-ring (bicyclic) bond motifs is 8. The second-order valence-corrected chi connectivity index (χ2v) is 6.77. The summed E-state index contributed by atoms with van der Waals surface area (Å²) in [5.41, 5.74) is 1.02. The summed E-state index contributed by atoms with van der Waals surface area (Å²) < 4.78 is 0. The molecule has 6 nitrogen and oxygen atoms in total. The number of non-ortho nitro benzene ring substituents is 1. The van der Waals surface area contributed by atoms with Crippen LogP contribution in [0.3, 0.4) is 0 Å². The molecule has 2 bridgehead atoms. The molecule has 3 aliphatic carbocycles. The number of nitro groups is 1. The minimum Gasteiger partial charge on any atom is -0.258 e. The molecule has 1 aromatic rings. The van der Waals surface area contributed by atoms with Crippen LogP contribution in [0.1, 0.15) is 12.8 Å². The lowest BCUT2D eigenvalue weighted by atomic mass is 9.76. The third kappa shape index (κ3) is 1.44. The lowest BCUT2D eigenvalue weighted by molar-refractivity contribution is -0.384. The molecule has 0 radical (unpaired) electrons. The van der Waals surface area contributed by atoms with Gasteiger partial charge in [-0.3, -0.25) is 10.1 Å². The zero-order valence-electron chi connectivity index (χ0n) is 11.9. The first-order chi connectivity index (χ1) is 10.7. The summed E-state index contributed by atoms with van der Waals surface area (Å²) in [5.74, 6) is 2.71. The molecule has 0 unspecified atom stereocenters. The van der Waals surface area contributed by atoms with E-state index in [0.29, 0.717) is 29.8 Å². The number of allylic oxidation sites excluding steroid dienone is 2. The Balaban J connectivity index is 1.46. The van der Waals surface area contributed by atoms with Gasteiger partial charge < -0.3 is 0 Å². The summed E-state index contributed by atoms with van der Waals surface area (Å²) in [4.78, 5) is 10.4. The first-order valence-electron chi connectivity index (χ1n) is 7.85. The van der Waals surface area contributed by atoms with Crippen molar-refractivity contribution in [2.24, 2.45) is 34.0 Å². The van der Waals surface area contributed by atoms with E-state index in [2.05, 4.69) is 22.5 Å². The molecule has 0 amide bonds. The Morgan fingerprint density at radius 3 is 2.77 bits per heavy atom. The standard InChI is InChI=1S/C16H16N4O2/c21-20(22)10-6-4-9(5-7-10)19-16-14-8-13(15(16)17-18-19)11-2-1-3-12(11)14/h1,3-7,11-16H,2,8H2/t11-,12-,13+,14-,15-,16+/m0/s1. The number of anilines is 1. The minimum atomic E-state index is -0.371. The van der Waals surface area contributed by atoms with E-state index in [4.69, 9.17) is 0 Å². The molecule has 2 saturated carbocycles. The fourth-order valence-corrected chi connectivity index (χ4v) is 5.13. The van der Waals surface area contributed by atoms with Gasteiger partial charge in [0, 0.05) is 12.1 Å². The molecule has 1 heterocycles. The van der Waals surface area contributed by atoms with Crippen molar-refractivity contribution in [2.75, 3.05) is 5.01 Å². The van der Waals surface area contributed by atoms with E-state index in [9.17, 15) is 10.1 Å². The number of hydrogen-bond donors (Lipinski definition) is 0. The van der Waals surface area contributed by atoms with Crippen molar-refractivity contribution in [2.45, 2.75) is 24.9 Å². The van der Waals surface area contributed by atoms with Crippen LogP contribution >= 0.6 is 0 Å². The predicted molar refractivity (Wildman–Crippen MR) is 80.3 cm³/mol. The molecular weight excluding hydrogens is 280 g/mol. The molecule has 22 heavy (non-hydrogen) atoms. The Morgan fingerprint density at radius 2 is 2.00 bits per heavy atom. The van der Waals surface area contributed by atoms with E-state index in [1.807, 2.05) is 5.01 Å². The Bertz CT molecular complexity index is 699. The van der Waals surface area contributed by atoms with Crippen LogP contribution in [0.2, 0.25) is 0 Å². The van der Waals surface area contributed by atoms with Crippen molar-refractivity contribution in [3.63, 3.8) is 0 Å². The zero-order chi connectivity index (χ0) is 14.8. The second-order valence-electron chi connectivity index (χ2n) is 6.77. The molecule has 6 atom stereocenters. The van der Waals surface area contributed by atoms with Crippen molar-refractivity contribution in [1.82, 2.24) is 0 Å². The van der Waals surface area contributed by atoms with E-state index in [-0.39, 0.29) is 10.6 Å². The topological polar surface area (TPSA) is 71.1 Å². The molecule has 0 spiro atoms. The van der Waals surface area contributed by atoms with Crippen molar-refractivity contribution in [3.05, 3.63) is 46.5 Å². The fraction of sp³-hybridized carbons (Fsp3) is 0.500. The molecular formula is C16H16N4O2. The molecule has 6 heteroatoms. The molecule has 0 N–H and O–H groups in total. The van der Waals surface area contributed by atoms with Gasteiger partial charge in [-0.15, -0.1) is 0 Å². The average Bonchev–Trinajstić information content (AvgIpc) is 3.25. The quantitative estimate of drug-likeness (QED) is 0.477. The van der Waals surface area contributed by atoms with E-state index in [0.717, 1.165) is 11.6 Å². The lowest BCUT2D eigenvalue weighted by Gasteiger charge is -2.35. The maximum Gasteiger partial charge on any atom is 0.269 e. The van der Waals surface area contributed by atoms with Crippen LogP contribution < -0.4 is 5.01 Å². The van der Waals surface area contributed by atoms with E-state index < -0.39 is 0 Å². The maximum atomic E-state index is 10.8. The molecule has 4 aliphatic rings. The molecule has 112 valence electrons. The Hall–Kier alpha value is -2.24. The Labute approximate surface area is 127 Å². The van der Waals surface area contributed by atoms with E-state index >= 15 is 0 Å². The van der Waals surface area contributed by atoms with Gasteiger partial charge in [-0.1, -0.05) is 17.4 Å². The summed E-state index contributed by atoms with van der Waals surface area (Å²) in [6, 6.07) is 7.30. The highest BCUT2D eigenvalue weighted by Crippen LogP contribution is 2.60. The highest BCUT2D eigenvalue weighted by molar-refractivity contribution is 5.52. The third-order valence-corrected chi connectivity index (χ3v) is 5.97. The molecule has 1 aromatic carbocycles. The SMILES string of the molecule is O=[N+]([O-])c1ccc(N2N=N[C@H]3[C@@H]4C[C@@H]([C@H]5C=CC[C@@H]54)[C@H]32)cc1. The molecule has 0 saturated heterocycles. The monoisotopic (exact) mass is 296 g/mol. The van der Waals surface area contributed by atoms with Gasteiger partial charge in [-0.2, -0.15) is 5.11 Å². The third-order valence-electron chi connectivity index (χ3n) is 5.97. The normalized spacial score (nSPS) is 40.3. The highest BCUT2D eigenvalue weighted by atomic mass is 16.6. The van der Waals surface area contributed by atoms with Crippen LogP contribution in [0.25, 0.3) is 0 Å². The Morgan fingerprint density at radius 1 is 1.18 bits per heavy atom. The fourth-order valence-electron chi connectivity index (χ4n) is 5.13. The van der Waals surface area contributed by atoms with Crippen molar-refractivity contribution < 1.29 is 4.92 Å². The molecule has 2 fully saturated rings. The van der Waals surface area contributed by atoms with Crippen molar-refractivity contribution >= 4 is 11.4 Å². The van der Waals surface area contributed by atoms with Crippen molar-refractivity contribution in [1.29, 1.82) is 0 Å². The van der Waals surface area contributed by atoms with Gasteiger partial charge in [0.15, 0.2) is 0 Å². The van der Waals surface area contributed by atoms with Crippen LogP contribution in [0, 0.1) is 33.8 Å². The molecule has 1 aliphatic heterocycles. The van der Waals surface area contributed by atoms with Gasteiger partial charge in [-0.25, -0.2) is 5.01 Å². The van der Waals surface area contributed by atoms with Crippen molar-refractivity contribution in [3.8, 4) is 0 Å². The van der Waals surface area contributed by atoms with Gasteiger partial charge in [0.2, 0.25) is 0 Å². The summed E-state index contributed by atoms with van der Waals surface area (Å²) in [6.07, 6.45) is 7.15. The van der Waals surface area contributed by atoms with E-state index in [1.54, 1.807) is 24.3 Å². The zero-order valence-corrected chi connectivity index (χ0v) is 11.9. The number of hydrogen-bond acceptors (Lipinski definition) is 5. The number of rotatable bonds is 2. The van der Waals surface area contributed by atoms with Crippen LogP contribution in [0.5, 0.6) is 0 Å². The highest BCUT2D eigenvalue weighted by Gasteiger charge is 2.61. The second kappa shape index (κ2) is 4.15. The van der Waals surface area contributed by atoms with Gasteiger partial charge in [0.25, 0.3) is 5.69 Å². The smallest absolute Gasteiger partial charge is 0.258 e. The Kier molecular flexibility index (Phi) is 2.32.